The van der Waals surface area contributed by atoms with Crippen molar-refractivity contribution in [2.45, 2.75) is 130 Å². The average Bonchev–Trinajstić information content (AvgIpc) is 2.58. The zero-order valence-corrected chi connectivity index (χ0v) is 16.9. The van der Waals surface area contributed by atoms with Crippen LogP contribution < -0.4 is 0 Å². The Balaban J connectivity index is 3.49. The summed E-state index contributed by atoms with van der Waals surface area (Å²) in [5.74, 6) is 0.986. The quantitative estimate of drug-likeness (QED) is 0.212. The van der Waals surface area contributed by atoms with Gasteiger partial charge in [-0.3, -0.25) is 0 Å². The molecule has 0 saturated carbocycles. The second-order valence-corrected chi connectivity index (χ2v) is 7.76. The number of hydrogen-bond acceptors (Lipinski definition) is 2. The van der Waals surface area contributed by atoms with Crippen LogP contribution in [0.25, 0.3) is 0 Å². The van der Waals surface area contributed by atoms with E-state index in [4.69, 9.17) is 0 Å². The van der Waals surface area contributed by atoms with Gasteiger partial charge in [0.25, 0.3) is 0 Å². The van der Waals surface area contributed by atoms with Crippen molar-refractivity contribution in [2.24, 2.45) is 11.8 Å². The molecule has 0 aromatic rings. The fourth-order valence-corrected chi connectivity index (χ4v) is 3.70. The topological polar surface area (TPSA) is 40.5 Å². The molecule has 0 spiro atoms. The van der Waals surface area contributed by atoms with Gasteiger partial charge in [-0.05, 0) is 18.8 Å². The van der Waals surface area contributed by atoms with Gasteiger partial charge in [0, 0.05) is 5.92 Å². The van der Waals surface area contributed by atoms with Gasteiger partial charge < -0.3 is 10.2 Å². The molecule has 0 rings (SSSR count). The fraction of sp³-hybridized carbons (Fsp3) is 1.00. The highest BCUT2D eigenvalue weighted by molar-refractivity contribution is 4.62. The van der Waals surface area contributed by atoms with E-state index in [1.807, 2.05) is 6.92 Å². The van der Waals surface area contributed by atoms with Gasteiger partial charge in [0.05, 0.1) is 0 Å². The molecule has 0 aliphatic carbocycles. The van der Waals surface area contributed by atoms with Crippen LogP contribution in [0.4, 0.5) is 0 Å². The monoisotopic (exact) mass is 342 g/mol. The minimum Gasteiger partial charge on any atom is -0.368 e. The lowest BCUT2D eigenvalue weighted by Gasteiger charge is -2.17. The molecule has 0 amide bonds. The van der Waals surface area contributed by atoms with E-state index < -0.39 is 6.29 Å². The van der Waals surface area contributed by atoms with Crippen LogP contribution >= 0.6 is 0 Å². The zero-order chi connectivity index (χ0) is 18.0. The molecule has 146 valence electrons. The van der Waals surface area contributed by atoms with Gasteiger partial charge in [0.2, 0.25) is 0 Å². The highest BCUT2D eigenvalue weighted by Gasteiger charge is 2.13. The summed E-state index contributed by atoms with van der Waals surface area (Å²) in [6, 6.07) is 0. The molecule has 0 heterocycles. The van der Waals surface area contributed by atoms with E-state index >= 15 is 0 Å². The van der Waals surface area contributed by atoms with E-state index in [1.54, 1.807) is 0 Å². The molecule has 2 nitrogen and oxygen atoms in total. The summed E-state index contributed by atoms with van der Waals surface area (Å²) in [6.07, 6.45) is 19.8. The highest BCUT2D eigenvalue weighted by Crippen LogP contribution is 2.23. The van der Waals surface area contributed by atoms with E-state index in [1.165, 1.54) is 83.5 Å². The number of aliphatic hydroxyl groups is 2. The fourth-order valence-electron chi connectivity index (χ4n) is 3.70. The Morgan fingerprint density at radius 2 is 1.00 bits per heavy atom. The maximum absolute atomic E-state index is 9.25. The predicted octanol–water partition coefficient (Wildman–Crippen LogP) is 6.83. The number of hydrogen-bond donors (Lipinski definition) is 2. The second-order valence-electron chi connectivity index (χ2n) is 7.76. The molecule has 0 aromatic carbocycles. The SMILES string of the molecule is CCCCCCCCCCC(CC)CCCCCC(CC)C(O)O. The zero-order valence-electron chi connectivity index (χ0n) is 16.9. The van der Waals surface area contributed by atoms with E-state index in [2.05, 4.69) is 13.8 Å². The normalized spacial score (nSPS) is 14.2. The lowest BCUT2D eigenvalue weighted by Crippen LogP contribution is -2.18. The van der Waals surface area contributed by atoms with Gasteiger partial charge in [-0.25, -0.2) is 0 Å². The Hall–Kier alpha value is -0.0800. The Morgan fingerprint density at radius 3 is 1.46 bits per heavy atom. The second kappa shape index (κ2) is 17.7. The molecule has 0 aliphatic heterocycles. The first-order valence-corrected chi connectivity index (χ1v) is 11.0. The van der Waals surface area contributed by atoms with Crippen molar-refractivity contribution in [3.8, 4) is 0 Å². The van der Waals surface area contributed by atoms with Crippen LogP contribution in [-0.2, 0) is 0 Å². The Bertz CT molecular complexity index is 240. The summed E-state index contributed by atoms with van der Waals surface area (Å²) in [7, 11) is 0. The average molecular weight is 343 g/mol. The van der Waals surface area contributed by atoms with E-state index in [0.29, 0.717) is 0 Å². The van der Waals surface area contributed by atoms with Gasteiger partial charge in [0.1, 0.15) is 0 Å². The minimum atomic E-state index is -1.12. The van der Waals surface area contributed by atoms with Crippen molar-refractivity contribution in [3.63, 3.8) is 0 Å². The third-order valence-corrected chi connectivity index (χ3v) is 5.68. The lowest BCUT2D eigenvalue weighted by molar-refractivity contribution is -0.0872. The van der Waals surface area contributed by atoms with E-state index in [0.717, 1.165) is 25.2 Å². The number of aliphatic hydroxyl groups excluding tert-OH is 1. The van der Waals surface area contributed by atoms with Gasteiger partial charge in [-0.1, -0.05) is 111 Å². The summed E-state index contributed by atoms with van der Waals surface area (Å²) in [4.78, 5) is 0. The van der Waals surface area contributed by atoms with Gasteiger partial charge >= 0.3 is 0 Å². The van der Waals surface area contributed by atoms with E-state index in [-0.39, 0.29) is 5.92 Å². The largest absolute Gasteiger partial charge is 0.368 e. The molecule has 0 radical (unpaired) electrons. The molecule has 0 saturated heterocycles. The first-order chi connectivity index (χ1) is 11.7. The van der Waals surface area contributed by atoms with Gasteiger partial charge in [-0.15, -0.1) is 0 Å². The highest BCUT2D eigenvalue weighted by atomic mass is 16.5. The summed E-state index contributed by atoms with van der Waals surface area (Å²) < 4.78 is 0. The molecule has 2 unspecified atom stereocenters. The molecular weight excluding hydrogens is 296 g/mol. The number of rotatable bonds is 18. The van der Waals surface area contributed by atoms with Gasteiger partial charge in [0.15, 0.2) is 6.29 Å². The van der Waals surface area contributed by atoms with Gasteiger partial charge in [-0.2, -0.15) is 0 Å². The standard InChI is InChI=1S/C22H46O2/c1-4-7-8-9-10-11-12-14-17-20(5-2)18-15-13-16-19-21(6-3)22(23)24/h20-24H,4-19H2,1-3H3. The van der Waals surface area contributed by atoms with Crippen molar-refractivity contribution in [3.05, 3.63) is 0 Å². The van der Waals surface area contributed by atoms with Crippen molar-refractivity contribution >= 4 is 0 Å². The van der Waals surface area contributed by atoms with Crippen LogP contribution in [0.1, 0.15) is 124 Å². The van der Waals surface area contributed by atoms with Crippen LogP contribution in [-0.4, -0.2) is 16.5 Å². The molecule has 0 bridgehead atoms. The number of unbranched alkanes of at least 4 members (excludes halogenated alkanes) is 9. The molecule has 2 atom stereocenters. The third-order valence-electron chi connectivity index (χ3n) is 5.68. The molecule has 0 aromatic heterocycles. The van der Waals surface area contributed by atoms with Crippen molar-refractivity contribution < 1.29 is 10.2 Å². The van der Waals surface area contributed by atoms with Crippen molar-refractivity contribution in [1.29, 1.82) is 0 Å². The molecular formula is C22H46O2. The molecule has 2 heteroatoms. The molecule has 0 aliphatic rings. The Labute approximate surface area is 152 Å². The van der Waals surface area contributed by atoms with Crippen LogP contribution in [0.5, 0.6) is 0 Å². The van der Waals surface area contributed by atoms with Crippen molar-refractivity contribution in [2.75, 3.05) is 0 Å². The maximum atomic E-state index is 9.25. The molecule has 2 N–H and O–H groups in total. The lowest BCUT2D eigenvalue weighted by atomic mass is 9.91. The Kier molecular flexibility index (Phi) is 17.7. The Morgan fingerprint density at radius 1 is 0.542 bits per heavy atom. The third kappa shape index (κ3) is 14.3. The summed E-state index contributed by atoms with van der Waals surface area (Å²) in [6.45, 7) is 6.66. The van der Waals surface area contributed by atoms with Crippen LogP contribution in [0, 0.1) is 11.8 Å². The van der Waals surface area contributed by atoms with Crippen LogP contribution in [0.3, 0.4) is 0 Å². The molecule has 24 heavy (non-hydrogen) atoms. The maximum Gasteiger partial charge on any atom is 0.154 e. The predicted molar refractivity (Wildman–Crippen MR) is 106 cm³/mol. The van der Waals surface area contributed by atoms with Crippen LogP contribution in [0.2, 0.25) is 0 Å². The smallest absolute Gasteiger partial charge is 0.154 e. The van der Waals surface area contributed by atoms with Crippen LogP contribution in [0.15, 0.2) is 0 Å². The first kappa shape index (κ1) is 23.9. The molecule has 0 fully saturated rings. The summed E-state index contributed by atoms with van der Waals surface area (Å²) in [5.41, 5.74) is 0. The van der Waals surface area contributed by atoms with Crippen molar-refractivity contribution in [1.82, 2.24) is 0 Å². The minimum absolute atomic E-state index is 0.0734. The van der Waals surface area contributed by atoms with E-state index in [9.17, 15) is 10.2 Å². The summed E-state index contributed by atoms with van der Waals surface area (Å²) in [5, 5.41) is 18.5. The first-order valence-electron chi connectivity index (χ1n) is 11.0. The summed E-state index contributed by atoms with van der Waals surface area (Å²) >= 11 is 0.